The molecule has 1 rings (SSSR count). The second-order valence-electron chi connectivity index (χ2n) is 4.39. The van der Waals surface area contributed by atoms with Crippen molar-refractivity contribution in [2.75, 3.05) is 10.6 Å². The fourth-order valence-electron chi connectivity index (χ4n) is 1.45. The molecule has 0 unspecified atom stereocenters. The molecule has 0 saturated carbocycles. The van der Waals surface area contributed by atoms with Crippen molar-refractivity contribution in [1.29, 1.82) is 0 Å². The molecule has 0 aliphatic heterocycles. The first-order chi connectivity index (χ1) is 9.72. The van der Waals surface area contributed by atoms with Gasteiger partial charge in [0, 0.05) is 23.8 Å². The van der Waals surface area contributed by atoms with Gasteiger partial charge in [0.2, 0.25) is 5.91 Å². The largest absolute Gasteiger partial charge is 0.478 e. The van der Waals surface area contributed by atoms with Gasteiger partial charge in [-0.3, -0.25) is 9.59 Å². The maximum absolute atomic E-state index is 13.6. The van der Waals surface area contributed by atoms with Crippen LogP contribution in [0, 0.1) is 5.82 Å². The Balaban J connectivity index is 3.02. The lowest BCUT2D eigenvalue weighted by Gasteiger charge is -2.10. The lowest BCUT2D eigenvalue weighted by Crippen LogP contribution is -2.17. The minimum absolute atomic E-state index is 0.0353. The quantitative estimate of drug-likeness (QED) is 0.741. The van der Waals surface area contributed by atoms with Gasteiger partial charge in [0.25, 0.3) is 5.91 Å². The standard InChI is InChI=1S/C14H15FN2O4/c1-7(8(2)14(20)21)13(19)17-12-6-10(16-9(3)18)4-5-11(12)15/h4-6H,1-3H3,(H,16,18)(H,17,19)(H,20,21). The normalized spacial score (nSPS) is 11.4. The third-order valence-corrected chi connectivity index (χ3v) is 2.76. The van der Waals surface area contributed by atoms with Crippen LogP contribution < -0.4 is 10.6 Å². The Morgan fingerprint density at radius 2 is 1.67 bits per heavy atom. The van der Waals surface area contributed by atoms with Crippen LogP contribution in [0.25, 0.3) is 0 Å². The first kappa shape index (κ1) is 16.4. The number of aliphatic carboxylic acids is 1. The third-order valence-electron chi connectivity index (χ3n) is 2.76. The zero-order valence-electron chi connectivity index (χ0n) is 11.8. The highest BCUT2D eigenvalue weighted by molar-refractivity contribution is 6.08. The minimum atomic E-state index is -1.23. The maximum atomic E-state index is 13.6. The summed E-state index contributed by atoms with van der Waals surface area (Å²) >= 11 is 0. The number of carboxylic acids is 1. The predicted molar refractivity (Wildman–Crippen MR) is 75.3 cm³/mol. The summed E-state index contributed by atoms with van der Waals surface area (Å²) in [5, 5.41) is 13.5. The number of nitrogens with one attached hydrogen (secondary N) is 2. The lowest BCUT2D eigenvalue weighted by atomic mass is 10.1. The Labute approximate surface area is 120 Å². The van der Waals surface area contributed by atoms with Crippen LogP contribution in [0.5, 0.6) is 0 Å². The lowest BCUT2D eigenvalue weighted by molar-refractivity contribution is -0.133. The molecule has 3 N–H and O–H groups in total. The number of hydrogen-bond acceptors (Lipinski definition) is 3. The van der Waals surface area contributed by atoms with E-state index in [1.54, 1.807) is 0 Å². The number of rotatable bonds is 4. The van der Waals surface area contributed by atoms with Gasteiger partial charge in [-0.1, -0.05) is 0 Å². The van der Waals surface area contributed by atoms with E-state index in [4.69, 9.17) is 5.11 Å². The second kappa shape index (κ2) is 6.65. The zero-order chi connectivity index (χ0) is 16.2. The molecule has 6 nitrogen and oxygen atoms in total. The van der Waals surface area contributed by atoms with Crippen molar-refractivity contribution >= 4 is 29.2 Å². The number of carbonyl (C=O) groups is 3. The predicted octanol–water partition coefficient (Wildman–Crippen LogP) is 2.14. The summed E-state index contributed by atoms with van der Waals surface area (Å²) in [6.07, 6.45) is 0. The molecule has 0 spiro atoms. The van der Waals surface area contributed by atoms with Crippen molar-refractivity contribution < 1.29 is 23.9 Å². The van der Waals surface area contributed by atoms with E-state index >= 15 is 0 Å². The molecule has 0 saturated heterocycles. The van der Waals surface area contributed by atoms with Gasteiger partial charge in [0.05, 0.1) is 5.69 Å². The fraction of sp³-hybridized carbons (Fsp3) is 0.214. The summed E-state index contributed by atoms with van der Waals surface area (Å²) in [6, 6.07) is 3.68. The van der Waals surface area contributed by atoms with E-state index in [0.29, 0.717) is 5.69 Å². The van der Waals surface area contributed by atoms with E-state index in [1.807, 2.05) is 0 Å². The molecule has 0 aliphatic carbocycles. The fourth-order valence-corrected chi connectivity index (χ4v) is 1.45. The molecular formula is C14H15FN2O4. The van der Waals surface area contributed by atoms with Gasteiger partial charge in [0.1, 0.15) is 5.82 Å². The topological polar surface area (TPSA) is 95.5 Å². The molecule has 0 radical (unpaired) electrons. The molecule has 0 fully saturated rings. The van der Waals surface area contributed by atoms with Crippen LogP contribution in [0.1, 0.15) is 20.8 Å². The van der Waals surface area contributed by atoms with Crippen LogP contribution in [0.4, 0.5) is 15.8 Å². The van der Waals surface area contributed by atoms with Crippen molar-refractivity contribution in [2.24, 2.45) is 0 Å². The summed E-state index contributed by atoms with van der Waals surface area (Å²) in [5.41, 5.74) is -0.00247. The van der Waals surface area contributed by atoms with Gasteiger partial charge in [-0.05, 0) is 32.0 Å². The summed E-state index contributed by atoms with van der Waals surface area (Å²) in [7, 11) is 0. The molecule has 1 aromatic rings. The number of hydrogen-bond donors (Lipinski definition) is 3. The molecule has 0 heterocycles. The van der Waals surface area contributed by atoms with E-state index in [-0.39, 0.29) is 22.7 Å². The highest BCUT2D eigenvalue weighted by Gasteiger charge is 2.14. The molecule has 0 aliphatic rings. The molecule has 7 heteroatoms. The second-order valence-corrected chi connectivity index (χ2v) is 4.39. The molecule has 0 bridgehead atoms. The van der Waals surface area contributed by atoms with Crippen LogP contribution >= 0.6 is 0 Å². The van der Waals surface area contributed by atoms with Crippen molar-refractivity contribution in [3.05, 3.63) is 35.2 Å². The molecule has 21 heavy (non-hydrogen) atoms. The monoisotopic (exact) mass is 294 g/mol. The van der Waals surface area contributed by atoms with Gasteiger partial charge in [0.15, 0.2) is 0 Å². The van der Waals surface area contributed by atoms with Crippen molar-refractivity contribution in [1.82, 2.24) is 0 Å². The number of carbonyl (C=O) groups excluding carboxylic acids is 2. The van der Waals surface area contributed by atoms with E-state index < -0.39 is 17.7 Å². The summed E-state index contributed by atoms with van der Waals surface area (Å²) in [5.74, 6) is -2.99. The van der Waals surface area contributed by atoms with Crippen LogP contribution in [0.15, 0.2) is 29.3 Å². The first-order valence-electron chi connectivity index (χ1n) is 6.01. The van der Waals surface area contributed by atoms with Gasteiger partial charge >= 0.3 is 5.97 Å². The van der Waals surface area contributed by atoms with E-state index in [0.717, 1.165) is 6.07 Å². The van der Waals surface area contributed by atoms with Gasteiger partial charge in [-0.25, -0.2) is 9.18 Å². The number of halogens is 1. The van der Waals surface area contributed by atoms with Crippen LogP contribution in [0.3, 0.4) is 0 Å². The number of carboxylic acid groups (broad SMARTS) is 1. The summed E-state index contributed by atoms with van der Waals surface area (Å²) in [6.45, 7) is 3.90. The van der Waals surface area contributed by atoms with E-state index in [1.165, 1.54) is 32.9 Å². The average Bonchev–Trinajstić information content (AvgIpc) is 2.40. The van der Waals surface area contributed by atoms with Crippen LogP contribution in [-0.2, 0) is 14.4 Å². The molecular weight excluding hydrogens is 279 g/mol. The van der Waals surface area contributed by atoms with Crippen molar-refractivity contribution in [3.63, 3.8) is 0 Å². The average molecular weight is 294 g/mol. The Morgan fingerprint density at radius 1 is 1.05 bits per heavy atom. The zero-order valence-corrected chi connectivity index (χ0v) is 11.8. The van der Waals surface area contributed by atoms with E-state index in [9.17, 15) is 18.8 Å². The number of benzene rings is 1. The molecule has 1 aromatic carbocycles. The maximum Gasteiger partial charge on any atom is 0.331 e. The van der Waals surface area contributed by atoms with Gasteiger partial charge < -0.3 is 15.7 Å². The summed E-state index contributed by atoms with van der Waals surface area (Å²) < 4.78 is 13.6. The Hall–Kier alpha value is -2.70. The first-order valence-corrected chi connectivity index (χ1v) is 6.01. The Bertz CT molecular complexity index is 638. The van der Waals surface area contributed by atoms with Crippen LogP contribution in [-0.4, -0.2) is 22.9 Å². The van der Waals surface area contributed by atoms with E-state index in [2.05, 4.69) is 10.6 Å². The summed E-state index contributed by atoms with van der Waals surface area (Å²) in [4.78, 5) is 33.6. The van der Waals surface area contributed by atoms with Crippen molar-refractivity contribution in [3.8, 4) is 0 Å². The molecule has 0 atom stereocenters. The van der Waals surface area contributed by atoms with Gasteiger partial charge in [-0.15, -0.1) is 0 Å². The minimum Gasteiger partial charge on any atom is -0.478 e. The highest BCUT2D eigenvalue weighted by Crippen LogP contribution is 2.20. The SMILES string of the molecule is CC(=O)Nc1ccc(F)c(NC(=O)C(C)=C(C)C(=O)O)c1. The van der Waals surface area contributed by atoms with Crippen LogP contribution in [0.2, 0.25) is 0 Å². The smallest absolute Gasteiger partial charge is 0.331 e. The molecule has 2 amide bonds. The Kier molecular flexibility index (Phi) is 5.18. The Morgan fingerprint density at radius 3 is 2.19 bits per heavy atom. The highest BCUT2D eigenvalue weighted by atomic mass is 19.1. The van der Waals surface area contributed by atoms with Gasteiger partial charge in [-0.2, -0.15) is 0 Å². The third kappa shape index (κ3) is 4.41. The van der Waals surface area contributed by atoms with Crippen molar-refractivity contribution in [2.45, 2.75) is 20.8 Å². The molecule has 0 aromatic heterocycles. The molecule has 112 valence electrons. The number of anilines is 2. The number of amides is 2.